The van der Waals surface area contributed by atoms with Gasteiger partial charge in [-0.2, -0.15) is 0 Å². The van der Waals surface area contributed by atoms with Gasteiger partial charge in [0.25, 0.3) is 0 Å². The molecule has 2 aliphatic heterocycles. The van der Waals surface area contributed by atoms with Crippen molar-refractivity contribution in [3.63, 3.8) is 0 Å². The first-order valence-corrected chi connectivity index (χ1v) is 10.8. The molecule has 8 nitrogen and oxygen atoms in total. The third-order valence-electron chi connectivity index (χ3n) is 6.42. The Morgan fingerprint density at radius 3 is 2.84 bits per heavy atom. The first-order valence-electron chi connectivity index (χ1n) is 10.8. The summed E-state index contributed by atoms with van der Waals surface area (Å²) in [6, 6.07) is 10.8. The van der Waals surface area contributed by atoms with Crippen LogP contribution in [0.2, 0.25) is 0 Å². The van der Waals surface area contributed by atoms with Gasteiger partial charge in [0.05, 0.1) is 12.8 Å². The Morgan fingerprint density at radius 1 is 1.29 bits per heavy atom. The molecule has 0 radical (unpaired) electrons. The van der Waals surface area contributed by atoms with Crippen molar-refractivity contribution in [1.82, 2.24) is 20.4 Å². The van der Waals surface area contributed by atoms with Crippen molar-refractivity contribution >= 4 is 11.8 Å². The molecule has 31 heavy (non-hydrogen) atoms. The van der Waals surface area contributed by atoms with Crippen LogP contribution < -0.4 is 10.6 Å². The number of phenols is 1. The second-order valence-electron chi connectivity index (χ2n) is 8.40. The number of furan rings is 1. The number of likely N-dealkylation sites (N-methyl/N-ethyl adjacent to an activating group) is 1. The number of phenolic OH excluding ortho intramolecular Hbond substituents is 1. The minimum absolute atomic E-state index is 0.0164. The zero-order chi connectivity index (χ0) is 21.8. The molecule has 8 heteroatoms. The predicted octanol–water partition coefficient (Wildman–Crippen LogP) is 1.45. The number of nitrogens with zero attached hydrogens (tertiary/aromatic N) is 2. The summed E-state index contributed by atoms with van der Waals surface area (Å²) in [5.74, 6) is 1.01. The van der Waals surface area contributed by atoms with Gasteiger partial charge in [0, 0.05) is 38.1 Å². The van der Waals surface area contributed by atoms with Crippen molar-refractivity contribution in [1.29, 1.82) is 0 Å². The summed E-state index contributed by atoms with van der Waals surface area (Å²) in [5, 5.41) is 15.5. The van der Waals surface area contributed by atoms with Crippen LogP contribution in [0.4, 0.5) is 0 Å². The number of carbonyl (C=O) groups excluding carboxylic acids is 2. The number of hydrogen-bond acceptors (Lipinski definition) is 6. The third kappa shape index (κ3) is 5.08. The molecule has 2 amide bonds. The highest BCUT2D eigenvalue weighted by Gasteiger charge is 2.44. The molecular weight excluding hydrogens is 396 g/mol. The second-order valence-corrected chi connectivity index (χ2v) is 8.40. The lowest BCUT2D eigenvalue weighted by atomic mass is 10.0. The minimum Gasteiger partial charge on any atom is -0.508 e. The number of benzene rings is 1. The van der Waals surface area contributed by atoms with Crippen molar-refractivity contribution in [2.45, 2.75) is 50.5 Å². The summed E-state index contributed by atoms with van der Waals surface area (Å²) in [6.07, 6.45) is 3.59. The second kappa shape index (κ2) is 9.53. The van der Waals surface area contributed by atoms with Crippen LogP contribution in [0, 0.1) is 0 Å². The zero-order valence-corrected chi connectivity index (χ0v) is 17.8. The number of amides is 2. The van der Waals surface area contributed by atoms with Gasteiger partial charge in [0.1, 0.15) is 17.6 Å². The predicted molar refractivity (Wildman–Crippen MR) is 115 cm³/mol. The van der Waals surface area contributed by atoms with E-state index in [1.54, 1.807) is 24.5 Å². The summed E-state index contributed by atoms with van der Waals surface area (Å²) < 4.78 is 5.24. The van der Waals surface area contributed by atoms with E-state index < -0.39 is 0 Å². The summed E-state index contributed by atoms with van der Waals surface area (Å²) >= 11 is 0. The largest absolute Gasteiger partial charge is 0.508 e. The molecule has 166 valence electrons. The zero-order valence-electron chi connectivity index (χ0n) is 17.8. The van der Waals surface area contributed by atoms with E-state index in [9.17, 15) is 14.7 Å². The first-order chi connectivity index (χ1) is 15.0. The van der Waals surface area contributed by atoms with E-state index >= 15 is 0 Å². The Kier molecular flexibility index (Phi) is 6.58. The van der Waals surface area contributed by atoms with Gasteiger partial charge < -0.3 is 20.2 Å². The Labute approximate surface area is 182 Å². The third-order valence-corrected chi connectivity index (χ3v) is 6.42. The van der Waals surface area contributed by atoms with Crippen LogP contribution in [0.3, 0.4) is 0 Å². The van der Waals surface area contributed by atoms with Gasteiger partial charge in [-0.3, -0.25) is 19.4 Å². The normalized spacial score (nSPS) is 24.4. The highest BCUT2D eigenvalue weighted by Crippen LogP contribution is 2.28. The van der Waals surface area contributed by atoms with Crippen LogP contribution in [-0.2, 0) is 22.7 Å². The molecule has 2 fully saturated rings. The van der Waals surface area contributed by atoms with Gasteiger partial charge in [-0.05, 0) is 49.7 Å². The fourth-order valence-electron chi connectivity index (χ4n) is 4.65. The van der Waals surface area contributed by atoms with E-state index in [-0.39, 0.29) is 35.7 Å². The monoisotopic (exact) mass is 426 g/mol. The Hall–Kier alpha value is -2.84. The van der Waals surface area contributed by atoms with Gasteiger partial charge >= 0.3 is 0 Å². The number of aromatic hydroxyl groups is 1. The number of fused-ring (bicyclic) bond motifs is 1. The van der Waals surface area contributed by atoms with Gasteiger partial charge in [-0.1, -0.05) is 12.1 Å². The summed E-state index contributed by atoms with van der Waals surface area (Å²) in [7, 11) is 2.06. The molecule has 0 saturated carbocycles. The molecule has 2 saturated heterocycles. The fourth-order valence-corrected chi connectivity index (χ4v) is 4.65. The maximum absolute atomic E-state index is 12.9. The fraction of sp³-hybridized carbons (Fsp3) is 0.478. The molecule has 4 rings (SSSR count). The summed E-state index contributed by atoms with van der Waals surface area (Å²) in [6.45, 7) is 2.44. The molecule has 3 heterocycles. The molecule has 3 atom stereocenters. The highest BCUT2D eigenvalue weighted by atomic mass is 16.3. The van der Waals surface area contributed by atoms with Crippen LogP contribution in [0.15, 0.2) is 47.1 Å². The first kappa shape index (κ1) is 21.4. The van der Waals surface area contributed by atoms with Gasteiger partial charge in [0.15, 0.2) is 0 Å². The van der Waals surface area contributed by atoms with E-state index in [0.717, 1.165) is 24.3 Å². The number of carbonyl (C=O) groups is 2. The van der Waals surface area contributed by atoms with E-state index in [2.05, 4.69) is 27.5 Å². The lowest BCUT2D eigenvalue weighted by Gasteiger charge is -2.33. The molecule has 3 N–H and O–H groups in total. The average Bonchev–Trinajstić information content (AvgIpc) is 3.41. The molecule has 2 aromatic rings. The van der Waals surface area contributed by atoms with Crippen molar-refractivity contribution in [3.05, 3.63) is 54.0 Å². The number of likely N-dealkylation sites (tertiary alicyclic amines) is 1. The average molecular weight is 427 g/mol. The highest BCUT2D eigenvalue weighted by molar-refractivity contribution is 5.83. The summed E-state index contributed by atoms with van der Waals surface area (Å²) in [4.78, 5) is 29.7. The van der Waals surface area contributed by atoms with Crippen LogP contribution in [0.1, 0.15) is 30.6 Å². The van der Waals surface area contributed by atoms with Crippen molar-refractivity contribution in [3.8, 4) is 5.75 Å². The standard InChI is InChI=1S/C23H30N4O4/c1-26-17(6-9-21(29)24-14-19-3-2-12-31-19)13-25-23(30)22-20(26)10-11-27(22)15-16-4-7-18(28)8-5-16/h2-5,7-8,12,17,20,22,28H,6,9-11,13-15H2,1H3,(H,24,29)(H,25,30). The van der Waals surface area contributed by atoms with Gasteiger partial charge in [0.2, 0.25) is 11.8 Å². The Bertz CT molecular complexity index is 883. The maximum Gasteiger partial charge on any atom is 0.239 e. The lowest BCUT2D eigenvalue weighted by molar-refractivity contribution is -0.126. The smallest absolute Gasteiger partial charge is 0.239 e. The Morgan fingerprint density at radius 2 is 2.10 bits per heavy atom. The SMILES string of the molecule is CN1C(CCC(=O)NCc2ccco2)CNC(=O)C2C1CCN2Cc1ccc(O)cc1. The summed E-state index contributed by atoms with van der Waals surface area (Å²) in [5.41, 5.74) is 1.07. The van der Waals surface area contributed by atoms with E-state index in [1.807, 2.05) is 18.2 Å². The van der Waals surface area contributed by atoms with Crippen molar-refractivity contribution in [2.75, 3.05) is 20.1 Å². The van der Waals surface area contributed by atoms with E-state index in [4.69, 9.17) is 4.42 Å². The number of nitrogens with one attached hydrogen (secondary N) is 2. The van der Waals surface area contributed by atoms with Crippen molar-refractivity contribution < 1.29 is 19.1 Å². The van der Waals surface area contributed by atoms with Crippen LogP contribution in [0.25, 0.3) is 0 Å². The molecule has 0 bridgehead atoms. The van der Waals surface area contributed by atoms with Crippen LogP contribution in [0.5, 0.6) is 5.75 Å². The molecule has 0 spiro atoms. The molecular formula is C23H30N4O4. The molecule has 2 aliphatic rings. The van der Waals surface area contributed by atoms with Gasteiger partial charge in [-0.15, -0.1) is 0 Å². The molecule has 1 aromatic carbocycles. The van der Waals surface area contributed by atoms with Crippen LogP contribution in [-0.4, -0.2) is 65.0 Å². The Balaban J connectivity index is 1.33. The quantitative estimate of drug-likeness (QED) is 0.620. The minimum atomic E-state index is -0.211. The van der Waals surface area contributed by atoms with Gasteiger partial charge in [-0.25, -0.2) is 0 Å². The molecule has 0 aliphatic carbocycles. The van der Waals surface area contributed by atoms with E-state index in [0.29, 0.717) is 32.5 Å². The molecule has 1 aromatic heterocycles. The number of hydrogen-bond donors (Lipinski definition) is 3. The maximum atomic E-state index is 12.9. The lowest BCUT2D eigenvalue weighted by Crippen LogP contribution is -2.49. The van der Waals surface area contributed by atoms with Crippen molar-refractivity contribution in [2.24, 2.45) is 0 Å². The van der Waals surface area contributed by atoms with E-state index in [1.165, 1.54) is 0 Å². The number of rotatable bonds is 7. The van der Waals surface area contributed by atoms with Crippen LogP contribution >= 0.6 is 0 Å². The topological polar surface area (TPSA) is 98.1 Å². The molecule has 3 unspecified atom stereocenters.